The third-order valence-corrected chi connectivity index (χ3v) is 4.23. The van der Waals surface area contributed by atoms with Crippen LogP contribution in [-0.4, -0.2) is 49.4 Å². The number of hydrogen-bond donors (Lipinski definition) is 0. The molecule has 2 aromatic carbocycles. The molecular formula is C17H21Br2N7. The van der Waals surface area contributed by atoms with Gasteiger partial charge >= 0.3 is 0 Å². The molecule has 0 N–H and O–H groups in total. The van der Waals surface area contributed by atoms with Crippen LogP contribution in [0.1, 0.15) is 0 Å². The van der Waals surface area contributed by atoms with Crippen LogP contribution >= 0.6 is 31.9 Å². The molecule has 0 radical (unpaired) electrons. The predicted octanol–water partition coefficient (Wildman–Crippen LogP) is 5.62. The summed E-state index contributed by atoms with van der Waals surface area (Å²) in [7, 11) is 5.74. The normalized spacial score (nSPS) is 11.6. The van der Waals surface area contributed by atoms with Gasteiger partial charge in [-0.15, -0.1) is 10.2 Å². The molecule has 0 aliphatic rings. The zero-order chi connectivity index (χ0) is 18.9. The molecule has 0 saturated carbocycles. The summed E-state index contributed by atoms with van der Waals surface area (Å²) >= 11 is 6.80. The SMILES string of the molecule is CN(CN(C)N=Nc1ccc(Br)cc1)CN(C)N=Nc1ccc(Br)cc1. The summed E-state index contributed by atoms with van der Waals surface area (Å²) in [5, 5.41) is 20.3. The highest BCUT2D eigenvalue weighted by Gasteiger charge is 2.04. The zero-order valence-electron chi connectivity index (χ0n) is 14.9. The van der Waals surface area contributed by atoms with Crippen molar-refractivity contribution in [2.75, 3.05) is 34.5 Å². The van der Waals surface area contributed by atoms with Gasteiger partial charge < -0.3 is 0 Å². The number of benzene rings is 2. The van der Waals surface area contributed by atoms with E-state index in [2.05, 4.69) is 57.4 Å². The highest BCUT2D eigenvalue weighted by molar-refractivity contribution is 9.10. The first kappa shape index (κ1) is 20.5. The molecule has 0 fully saturated rings. The van der Waals surface area contributed by atoms with E-state index in [0.717, 1.165) is 20.3 Å². The first-order valence-electron chi connectivity index (χ1n) is 7.87. The van der Waals surface area contributed by atoms with E-state index in [9.17, 15) is 0 Å². The van der Waals surface area contributed by atoms with Crippen molar-refractivity contribution in [1.82, 2.24) is 14.9 Å². The van der Waals surface area contributed by atoms with Crippen LogP contribution in [0.25, 0.3) is 0 Å². The molecule has 2 rings (SSSR count). The summed E-state index contributed by atoms with van der Waals surface area (Å²) in [6.07, 6.45) is 0. The van der Waals surface area contributed by atoms with Crippen molar-refractivity contribution in [3.8, 4) is 0 Å². The van der Waals surface area contributed by atoms with E-state index in [4.69, 9.17) is 0 Å². The van der Waals surface area contributed by atoms with Crippen molar-refractivity contribution < 1.29 is 0 Å². The topological polar surface area (TPSA) is 59.2 Å². The average Bonchev–Trinajstić information content (AvgIpc) is 2.60. The van der Waals surface area contributed by atoms with E-state index in [1.54, 1.807) is 10.0 Å². The summed E-state index contributed by atoms with van der Waals surface area (Å²) in [5.74, 6) is 0. The highest BCUT2D eigenvalue weighted by atomic mass is 79.9. The zero-order valence-corrected chi connectivity index (χ0v) is 18.1. The Morgan fingerprint density at radius 2 is 1.00 bits per heavy atom. The lowest BCUT2D eigenvalue weighted by Crippen LogP contribution is -2.35. The molecule has 0 spiro atoms. The molecule has 2 aromatic rings. The van der Waals surface area contributed by atoms with Crippen molar-refractivity contribution in [2.24, 2.45) is 20.7 Å². The Kier molecular flexibility index (Phi) is 8.14. The summed E-state index contributed by atoms with van der Waals surface area (Å²) in [5.41, 5.74) is 1.62. The Hall–Kier alpha value is -1.84. The molecule has 0 heterocycles. The van der Waals surface area contributed by atoms with E-state index in [-0.39, 0.29) is 0 Å². The lowest BCUT2D eigenvalue weighted by atomic mass is 10.3. The number of nitrogens with zero attached hydrogens (tertiary/aromatic N) is 7. The fraction of sp³-hybridized carbons (Fsp3) is 0.294. The molecule has 0 saturated heterocycles. The van der Waals surface area contributed by atoms with Crippen molar-refractivity contribution in [3.63, 3.8) is 0 Å². The van der Waals surface area contributed by atoms with Gasteiger partial charge in [0.1, 0.15) is 0 Å². The number of hydrogen-bond acceptors (Lipinski definition) is 5. The lowest BCUT2D eigenvalue weighted by Gasteiger charge is -2.24. The van der Waals surface area contributed by atoms with Gasteiger partial charge in [0.2, 0.25) is 0 Å². The molecule has 0 amide bonds. The minimum absolute atomic E-state index is 0.609. The van der Waals surface area contributed by atoms with Crippen molar-refractivity contribution in [2.45, 2.75) is 0 Å². The van der Waals surface area contributed by atoms with E-state index >= 15 is 0 Å². The van der Waals surface area contributed by atoms with Gasteiger partial charge in [-0.3, -0.25) is 14.9 Å². The van der Waals surface area contributed by atoms with E-state index in [0.29, 0.717) is 13.3 Å². The van der Waals surface area contributed by atoms with Gasteiger partial charge in [-0.05, 0) is 55.6 Å². The van der Waals surface area contributed by atoms with Gasteiger partial charge in [0.05, 0.1) is 24.7 Å². The van der Waals surface area contributed by atoms with Crippen LogP contribution in [0.4, 0.5) is 11.4 Å². The monoisotopic (exact) mass is 481 g/mol. The van der Waals surface area contributed by atoms with E-state index < -0.39 is 0 Å². The predicted molar refractivity (Wildman–Crippen MR) is 110 cm³/mol. The van der Waals surface area contributed by atoms with Gasteiger partial charge in [-0.25, -0.2) is 0 Å². The first-order valence-corrected chi connectivity index (χ1v) is 9.46. The molecular weight excluding hydrogens is 462 g/mol. The minimum Gasteiger partial charge on any atom is -0.269 e. The van der Waals surface area contributed by atoms with Gasteiger partial charge in [0.25, 0.3) is 0 Å². The van der Waals surface area contributed by atoms with Crippen LogP contribution in [0.15, 0.2) is 78.2 Å². The number of halogens is 2. The Labute approximate surface area is 170 Å². The average molecular weight is 483 g/mol. The molecule has 7 nitrogen and oxygen atoms in total. The number of rotatable bonds is 8. The largest absolute Gasteiger partial charge is 0.269 e. The van der Waals surface area contributed by atoms with Crippen molar-refractivity contribution >= 4 is 43.2 Å². The second kappa shape index (κ2) is 10.3. The summed E-state index contributed by atoms with van der Waals surface area (Å²) in [6.45, 7) is 1.22. The van der Waals surface area contributed by atoms with Gasteiger partial charge in [0, 0.05) is 23.0 Å². The second-order valence-electron chi connectivity index (χ2n) is 5.79. The van der Waals surface area contributed by atoms with Crippen LogP contribution in [0.2, 0.25) is 0 Å². The Morgan fingerprint density at radius 3 is 1.35 bits per heavy atom. The Balaban J connectivity index is 1.78. The van der Waals surface area contributed by atoms with Crippen LogP contribution < -0.4 is 0 Å². The van der Waals surface area contributed by atoms with E-state index in [1.165, 1.54) is 0 Å². The van der Waals surface area contributed by atoms with Crippen LogP contribution in [0.3, 0.4) is 0 Å². The minimum atomic E-state index is 0.609. The highest BCUT2D eigenvalue weighted by Crippen LogP contribution is 2.18. The van der Waals surface area contributed by atoms with Crippen molar-refractivity contribution in [1.29, 1.82) is 0 Å². The van der Waals surface area contributed by atoms with E-state index in [1.807, 2.05) is 69.7 Å². The summed E-state index contributed by atoms with van der Waals surface area (Å²) in [4.78, 5) is 2.06. The molecule has 0 aliphatic carbocycles. The van der Waals surface area contributed by atoms with Crippen molar-refractivity contribution in [3.05, 3.63) is 57.5 Å². The fourth-order valence-electron chi connectivity index (χ4n) is 2.07. The first-order chi connectivity index (χ1) is 12.4. The third kappa shape index (κ3) is 7.59. The van der Waals surface area contributed by atoms with Gasteiger partial charge in [0.15, 0.2) is 0 Å². The fourth-order valence-corrected chi connectivity index (χ4v) is 2.60. The molecule has 0 aromatic heterocycles. The Bertz CT molecular complexity index is 668. The molecule has 0 bridgehead atoms. The molecule has 9 heteroatoms. The van der Waals surface area contributed by atoms with Gasteiger partial charge in [-0.1, -0.05) is 42.3 Å². The lowest BCUT2D eigenvalue weighted by molar-refractivity contribution is 0.114. The maximum absolute atomic E-state index is 4.21. The van der Waals surface area contributed by atoms with Gasteiger partial charge in [-0.2, -0.15) is 0 Å². The Morgan fingerprint density at radius 1 is 0.654 bits per heavy atom. The van der Waals surface area contributed by atoms with Crippen LogP contribution in [0, 0.1) is 0 Å². The van der Waals surface area contributed by atoms with Crippen LogP contribution in [0.5, 0.6) is 0 Å². The molecule has 26 heavy (non-hydrogen) atoms. The molecule has 0 atom stereocenters. The standard InChI is InChI=1S/C17H21Br2N7/c1-24(12-25(2)22-20-16-8-4-14(18)5-9-16)13-26(3)23-21-17-10-6-15(19)7-11-17/h4-11H,12-13H2,1-3H3. The third-order valence-electron chi connectivity index (χ3n) is 3.17. The summed E-state index contributed by atoms with van der Waals surface area (Å²) in [6, 6.07) is 15.4. The molecule has 0 aliphatic heterocycles. The quantitative estimate of drug-likeness (QED) is 0.278. The second-order valence-corrected chi connectivity index (χ2v) is 7.62. The summed E-state index contributed by atoms with van der Waals surface area (Å²) < 4.78 is 2.04. The maximum atomic E-state index is 4.21. The smallest absolute Gasteiger partial charge is 0.0905 e. The maximum Gasteiger partial charge on any atom is 0.0905 e. The van der Waals surface area contributed by atoms with Crippen LogP contribution in [-0.2, 0) is 0 Å². The molecule has 0 unspecified atom stereocenters. The molecule has 138 valence electrons.